The van der Waals surface area contributed by atoms with E-state index in [4.69, 9.17) is 0 Å². The van der Waals surface area contributed by atoms with Gasteiger partial charge in [-0.3, -0.25) is 0 Å². The van der Waals surface area contributed by atoms with Gasteiger partial charge in [0.25, 0.3) is 0 Å². The van der Waals surface area contributed by atoms with E-state index in [-0.39, 0.29) is 6.10 Å². The second kappa shape index (κ2) is 5.62. The van der Waals surface area contributed by atoms with Gasteiger partial charge in [-0.15, -0.1) is 0 Å². The highest BCUT2D eigenvalue weighted by Crippen LogP contribution is 2.25. The van der Waals surface area contributed by atoms with Crippen molar-refractivity contribution >= 4 is 22.9 Å². The molecule has 2 aromatic heterocycles. The molecular formula is C13H20N6O. The van der Waals surface area contributed by atoms with E-state index in [0.717, 1.165) is 43.6 Å². The lowest BCUT2D eigenvalue weighted by Gasteiger charge is -2.26. The minimum absolute atomic E-state index is 0.152. The molecule has 1 fully saturated rings. The van der Waals surface area contributed by atoms with Gasteiger partial charge < -0.3 is 20.7 Å². The van der Waals surface area contributed by atoms with Crippen molar-refractivity contribution in [3.63, 3.8) is 0 Å². The Morgan fingerprint density at radius 2 is 2.30 bits per heavy atom. The molecule has 2 atom stereocenters. The Morgan fingerprint density at radius 1 is 1.40 bits per heavy atom. The summed E-state index contributed by atoms with van der Waals surface area (Å²) in [7, 11) is 1.79. The van der Waals surface area contributed by atoms with Crippen LogP contribution in [0.15, 0.2) is 6.33 Å². The van der Waals surface area contributed by atoms with Crippen LogP contribution in [0.4, 0.5) is 11.8 Å². The van der Waals surface area contributed by atoms with E-state index in [1.807, 2.05) is 0 Å². The number of imidazole rings is 1. The van der Waals surface area contributed by atoms with E-state index in [1.165, 1.54) is 0 Å². The Hall–Kier alpha value is -1.89. The van der Waals surface area contributed by atoms with Crippen LogP contribution in [0, 0.1) is 5.92 Å². The highest BCUT2D eigenvalue weighted by molar-refractivity contribution is 5.83. The molecule has 0 saturated heterocycles. The Bertz CT molecular complexity index is 583. The number of aliphatic hydroxyl groups excluding tert-OH is 1. The van der Waals surface area contributed by atoms with Gasteiger partial charge in [-0.2, -0.15) is 9.97 Å². The predicted octanol–water partition coefficient (Wildman–Crippen LogP) is 1.36. The number of fused-ring (bicyclic) bond motifs is 1. The smallest absolute Gasteiger partial charge is 0.226 e. The molecule has 7 nitrogen and oxygen atoms in total. The molecule has 3 rings (SSSR count). The number of rotatable bonds is 4. The number of nitrogens with zero attached hydrogens (tertiary/aromatic N) is 3. The maximum absolute atomic E-state index is 9.72. The molecule has 0 aromatic carbocycles. The van der Waals surface area contributed by atoms with Crippen molar-refractivity contribution in [3.05, 3.63) is 6.33 Å². The van der Waals surface area contributed by atoms with E-state index in [0.29, 0.717) is 17.5 Å². The lowest BCUT2D eigenvalue weighted by molar-refractivity contribution is 0.104. The molecule has 4 N–H and O–H groups in total. The van der Waals surface area contributed by atoms with Gasteiger partial charge in [-0.1, -0.05) is 6.42 Å². The summed E-state index contributed by atoms with van der Waals surface area (Å²) in [5.41, 5.74) is 1.47. The maximum atomic E-state index is 9.72. The summed E-state index contributed by atoms with van der Waals surface area (Å²) in [4.78, 5) is 15.9. The number of hydrogen-bond acceptors (Lipinski definition) is 6. The maximum Gasteiger partial charge on any atom is 0.226 e. The first-order chi connectivity index (χ1) is 9.76. The topological polar surface area (TPSA) is 98.8 Å². The minimum atomic E-state index is -0.152. The third-order valence-electron chi connectivity index (χ3n) is 3.82. The highest BCUT2D eigenvalue weighted by Gasteiger charge is 2.20. The monoisotopic (exact) mass is 276 g/mol. The molecule has 2 heterocycles. The van der Waals surface area contributed by atoms with E-state index in [1.54, 1.807) is 13.4 Å². The van der Waals surface area contributed by atoms with Gasteiger partial charge in [-0.25, -0.2) is 4.98 Å². The fourth-order valence-corrected chi connectivity index (χ4v) is 2.76. The average Bonchev–Trinajstić information content (AvgIpc) is 2.93. The van der Waals surface area contributed by atoms with Gasteiger partial charge in [0.2, 0.25) is 5.95 Å². The van der Waals surface area contributed by atoms with Crippen molar-refractivity contribution in [1.82, 2.24) is 19.9 Å². The molecule has 7 heteroatoms. The summed E-state index contributed by atoms with van der Waals surface area (Å²) in [6.45, 7) is 0.811. The minimum Gasteiger partial charge on any atom is -0.393 e. The number of H-pyrrole nitrogens is 1. The average molecular weight is 276 g/mol. The molecule has 1 aliphatic rings. The zero-order chi connectivity index (χ0) is 13.9. The normalized spacial score (nSPS) is 22.9. The lowest BCUT2D eigenvalue weighted by Crippen LogP contribution is -2.25. The van der Waals surface area contributed by atoms with Gasteiger partial charge in [0.1, 0.15) is 5.52 Å². The van der Waals surface area contributed by atoms with E-state index in [9.17, 15) is 5.11 Å². The Balaban J connectivity index is 1.74. The summed E-state index contributed by atoms with van der Waals surface area (Å²) in [6, 6.07) is 0. The molecule has 1 aliphatic carbocycles. The second-order valence-corrected chi connectivity index (χ2v) is 5.31. The molecule has 0 spiro atoms. The number of aliphatic hydroxyl groups is 1. The van der Waals surface area contributed by atoms with Crippen molar-refractivity contribution in [2.75, 3.05) is 24.2 Å². The summed E-state index contributed by atoms with van der Waals surface area (Å²) in [5, 5.41) is 16.0. The quantitative estimate of drug-likeness (QED) is 0.673. The van der Waals surface area contributed by atoms with E-state index in [2.05, 4.69) is 30.6 Å². The molecule has 0 radical (unpaired) electrons. The van der Waals surface area contributed by atoms with Crippen LogP contribution in [0.2, 0.25) is 0 Å². The van der Waals surface area contributed by atoms with Gasteiger partial charge in [0.15, 0.2) is 11.5 Å². The van der Waals surface area contributed by atoms with Crippen LogP contribution in [0.25, 0.3) is 11.2 Å². The summed E-state index contributed by atoms with van der Waals surface area (Å²) >= 11 is 0. The summed E-state index contributed by atoms with van der Waals surface area (Å²) < 4.78 is 0. The van der Waals surface area contributed by atoms with Crippen LogP contribution in [-0.4, -0.2) is 44.7 Å². The number of aromatic nitrogens is 4. The summed E-state index contributed by atoms with van der Waals surface area (Å²) in [6.07, 6.45) is 5.51. The van der Waals surface area contributed by atoms with Crippen LogP contribution < -0.4 is 10.6 Å². The van der Waals surface area contributed by atoms with Crippen molar-refractivity contribution in [3.8, 4) is 0 Å². The fourth-order valence-electron chi connectivity index (χ4n) is 2.76. The fraction of sp³-hybridized carbons (Fsp3) is 0.615. The van der Waals surface area contributed by atoms with Gasteiger partial charge in [0, 0.05) is 13.6 Å². The van der Waals surface area contributed by atoms with Crippen LogP contribution in [0.5, 0.6) is 0 Å². The third-order valence-corrected chi connectivity index (χ3v) is 3.82. The molecule has 108 valence electrons. The molecule has 0 amide bonds. The van der Waals surface area contributed by atoms with E-state index >= 15 is 0 Å². The highest BCUT2D eigenvalue weighted by atomic mass is 16.3. The Kier molecular flexibility index (Phi) is 3.68. The largest absolute Gasteiger partial charge is 0.393 e. The van der Waals surface area contributed by atoms with Crippen molar-refractivity contribution in [2.45, 2.75) is 31.8 Å². The Labute approximate surface area is 117 Å². The number of nitrogens with one attached hydrogen (secondary N) is 3. The second-order valence-electron chi connectivity index (χ2n) is 5.31. The van der Waals surface area contributed by atoms with Gasteiger partial charge in [0.05, 0.1) is 12.4 Å². The molecule has 2 aromatic rings. The molecule has 20 heavy (non-hydrogen) atoms. The first-order valence-electron chi connectivity index (χ1n) is 7.07. The van der Waals surface area contributed by atoms with Crippen LogP contribution in [0.1, 0.15) is 25.7 Å². The van der Waals surface area contributed by atoms with Crippen LogP contribution in [0.3, 0.4) is 0 Å². The first-order valence-corrected chi connectivity index (χ1v) is 7.07. The standard InChI is InChI=1S/C13H20N6O/c1-14-13-18-11(10-12(19-13)17-7-16-10)15-6-8-3-2-4-9(20)5-8/h7-9,20H,2-6H2,1H3,(H3,14,15,16,17,18,19). The van der Waals surface area contributed by atoms with Crippen molar-refractivity contribution in [2.24, 2.45) is 5.92 Å². The molecule has 0 bridgehead atoms. The molecular weight excluding hydrogens is 256 g/mol. The lowest BCUT2D eigenvalue weighted by atomic mass is 9.87. The molecule has 0 aliphatic heterocycles. The Morgan fingerprint density at radius 3 is 3.10 bits per heavy atom. The van der Waals surface area contributed by atoms with Crippen molar-refractivity contribution < 1.29 is 5.11 Å². The SMILES string of the molecule is CNc1nc(NCC2CCCC(O)C2)c2[nH]cnc2n1. The number of aromatic amines is 1. The zero-order valence-electron chi connectivity index (χ0n) is 11.6. The summed E-state index contributed by atoms with van der Waals surface area (Å²) in [5.74, 6) is 1.80. The van der Waals surface area contributed by atoms with Gasteiger partial charge >= 0.3 is 0 Å². The number of anilines is 2. The zero-order valence-corrected chi connectivity index (χ0v) is 11.6. The molecule has 2 unspecified atom stereocenters. The molecule has 1 saturated carbocycles. The van der Waals surface area contributed by atoms with E-state index < -0.39 is 0 Å². The predicted molar refractivity (Wildman–Crippen MR) is 77.7 cm³/mol. The number of hydrogen-bond donors (Lipinski definition) is 4. The van der Waals surface area contributed by atoms with Crippen LogP contribution >= 0.6 is 0 Å². The van der Waals surface area contributed by atoms with Gasteiger partial charge in [-0.05, 0) is 25.2 Å². The third kappa shape index (κ3) is 2.67. The van der Waals surface area contributed by atoms with Crippen molar-refractivity contribution in [1.29, 1.82) is 0 Å². The van der Waals surface area contributed by atoms with Crippen LogP contribution in [-0.2, 0) is 0 Å². The first kappa shape index (κ1) is 13.1.